The Balaban J connectivity index is 2.30. The summed E-state index contributed by atoms with van der Waals surface area (Å²) in [7, 11) is 1.80. The van der Waals surface area contributed by atoms with Crippen molar-refractivity contribution >= 4 is 17.4 Å². The van der Waals surface area contributed by atoms with E-state index in [1.807, 2.05) is 51.1 Å². The fraction of sp³-hybridized carbons (Fsp3) is 0.250. The molecule has 2 aromatic rings. The minimum atomic E-state index is -0.157. The van der Waals surface area contributed by atoms with E-state index in [4.69, 9.17) is 0 Å². The fourth-order valence-electron chi connectivity index (χ4n) is 2.15. The summed E-state index contributed by atoms with van der Waals surface area (Å²) in [6, 6.07) is 9.57. The Kier molecular flexibility index (Phi) is 4.03. The minimum absolute atomic E-state index is 0.157. The van der Waals surface area contributed by atoms with Crippen LogP contribution >= 0.6 is 0 Å². The first-order chi connectivity index (χ1) is 9.49. The van der Waals surface area contributed by atoms with Crippen molar-refractivity contribution in [3.8, 4) is 0 Å². The van der Waals surface area contributed by atoms with Gasteiger partial charge in [-0.15, -0.1) is 0 Å². The zero-order valence-electron chi connectivity index (χ0n) is 12.2. The topological polar surface area (TPSA) is 54.0 Å². The summed E-state index contributed by atoms with van der Waals surface area (Å²) < 4.78 is 0. The van der Waals surface area contributed by atoms with Crippen molar-refractivity contribution < 1.29 is 4.79 Å². The van der Waals surface area contributed by atoms with Gasteiger partial charge in [0.1, 0.15) is 5.82 Å². The molecule has 0 spiro atoms. The van der Waals surface area contributed by atoms with Gasteiger partial charge in [0.15, 0.2) is 0 Å². The molecular weight excluding hydrogens is 250 g/mol. The van der Waals surface area contributed by atoms with Crippen molar-refractivity contribution in [1.82, 2.24) is 4.98 Å². The number of hydrogen-bond donors (Lipinski definition) is 2. The number of anilines is 2. The second-order valence-electron chi connectivity index (χ2n) is 4.92. The fourth-order valence-corrected chi connectivity index (χ4v) is 2.15. The molecule has 2 N–H and O–H groups in total. The zero-order valence-corrected chi connectivity index (χ0v) is 12.2. The number of carbonyl (C=O) groups excluding carboxylic acids is 1. The van der Waals surface area contributed by atoms with Crippen LogP contribution in [0, 0.1) is 20.8 Å². The highest BCUT2D eigenvalue weighted by atomic mass is 16.1. The Bertz CT molecular complexity index is 630. The van der Waals surface area contributed by atoms with E-state index in [0.29, 0.717) is 11.4 Å². The summed E-state index contributed by atoms with van der Waals surface area (Å²) in [5, 5.41) is 5.88. The van der Waals surface area contributed by atoms with Crippen molar-refractivity contribution in [2.45, 2.75) is 20.8 Å². The molecule has 0 aliphatic rings. The molecule has 0 atom stereocenters. The molecule has 0 aliphatic heterocycles. The highest BCUT2D eigenvalue weighted by molar-refractivity contribution is 6.07. The molecule has 104 valence electrons. The average Bonchev–Trinajstić information content (AvgIpc) is 2.37. The Morgan fingerprint density at radius 1 is 1.05 bits per heavy atom. The van der Waals surface area contributed by atoms with Gasteiger partial charge < -0.3 is 10.6 Å². The number of rotatable bonds is 3. The van der Waals surface area contributed by atoms with Gasteiger partial charge in [-0.05, 0) is 50.6 Å². The third kappa shape index (κ3) is 3.15. The molecule has 0 aliphatic carbocycles. The van der Waals surface area contributed by atoms with Crippen molar-refractivity contribution in [3.63, 3.8) is 0 Å². The first-order valence-electron chi connectivity index (χ1n) is 6.54. The maximum atomic E-state index is 12.4. The van der Waals surface area contributed by atoms with Gasteiger partial charge in [0.2, 0.25) is 0 Å². The number of nitrogens with one attached hydrogen (secondary N) is 2. The van der Waals surface area contributed by atoms with Gasteiger partial charge in [-0.25, -0.2) is 4.98 Å². The van der Waals surface area contributed by atoms with Gasteiger partial charge >= 0.3 is 0 Å². The van der Waals surface area contributed by atoms with Crippen molar-refractivity contribution in [1.29, 1.82) is 0 Å². The smallest absolute Gasteiger partial charge is 0.258 e. The molecular formula is C16H19N3O. The van der Waals surface area contributed by atoms with E-state index in [9.17, 15) is 4.79 Å². The largest absolute Gasteiger partial charge is 0.387 e. The molecule has 0 fully saturated rings. The molecule has 1 heterocycles. The summed E-state index contributed by atoms with van der Waals surface area (Å²) in [6.45, 7) is 5.86. The number of carbonyl (C=O) groups is 1. The second-order valence-corrected chi connectivity index (χ2v) is 4.92. The van der Waals surface area contributed by atoms with E-state index in [1.165, 1.54) is 0 Å². The number of aryl methyl sites for hydroxylation is 3. The van der Waals surface area contributed by atoms with E-state index < -0.39 is 0 Å². The predicted octanol–water partition coefficient (Wildman–Crippen LogP) is 3.30. The number of amides is 1. The van der Waals surface area contributed by atoms with E-state index in [1.54, 1.807) is 7.05 Å². The van der Waals surface area contributed by atoms with Crippen LogP contribution in [0.4, 0.5) is 11.5 Å². The van der Waals surface area contributed by atoms with E-state index in [2.05, 4.69) is 15.6 Å². The Hall–Kier alpha value is -2.36. The van der Waals surface area contributed by atoms with Crippen molar-refractivity contribution in [2.24, 2.45) is 0 Å². The Labute approximate surface area is 119 Å². The second kappa shape index (κ2) is 5.74. The third-order valence-corrected chi connectivity index (χ3v) is 3.03. The van der Waals surface area contributed by atoms with Crippen LogP contribution in [0.3, 0.4) is 0 Å². The molecule has 0 saturated heterocycles. The number of aromatic nitrogens is 1. The lowest BCUT2D eigenvalue weighted by Gasteiger charge is -2.11. The third-order valence-electron chi connectivity index (χ3n) is 3.03. The van der Waals surface area contributed by atoms with Crippen molar-refractivity contribution in [3.05, 3.63) is 52.7 Å². The molecule has 4 nitrogen and oxygen atoms in total. The lowest BCUT2D eigenvalue weighted by Crippen LogP contribution is -2.15. The molecule has 2 rings (SSSR count). The van der Waals surface area contributed by atoms with E-state index >= 15 is 0 Å². The maximum Gasteiger partial charge on any atom is 0.258 e. The molecule has 4 heteroatoms. The Morgan fingerprint density at radius 2 is 1.80 bits per heavy atom. The molecule has 1 aromatic heterocycles. The standard InChI is InChI=1S/C16H19N3O/c1-10-5-6-14(17-4)13(8-10)16(20)19-15-9-11(2)7-12(3)18-15/h5-9,17H,1-4H3,(H,18,19,20). The Morgan fingerprint density at radius 3 is 2.45 bits per heavy atom. The van der Waals surface area contributed by atoms with E-state index in [0.717, 1.165) is 22.5 Å². The molecule has 0 saturated carbocycles. The summed E-state index contributed by atoms with van der Waals surface area (Å²) in [5.74, 6) is 0.423. The number of pyridine rings is 1. The number of nitrogens with zero attached hydrogens (tertiary/aromatic N) is 1. The summed E-state index contributed by atoms with van der Waals surface area (Å²) in [4.78, 5) is 16.7. The normalized spacial score (nSPS) is 10.2. The van der Waals surface area contributed by atoms with Crippen LogP contribution in [-0.4, -0.2) is 17.9 Å². The first kappa shape index (κ1) is 14.1. The molecule has 1 amide bonds. The van der Waals surface area contributed by atoms with Gasteiger partial charge in [-0.1, -0.05) is 11.6 Å². The predicted molar refractivity (Wildman–Crippen MR) is 82.4 cm³/mol. The van der Waals surface area contributed by atoms with Crippen LogP contribution in [0.2, 0.25) is 0 Å². The van der Waals surface area contributed by atoms with Gasteiger partial charge in [-0.3, -0.25) is 4.79 Å². The summed E-state index contributed by atoms with van der Waals surface area (Å²) in [6.07, 6.45) is 0. The van der Waals surface area contributed by atoms with Crippen molar-refractivity contribution in [2.75, 3.05) is 17.7 Å². The molecule has 0 bridgehead atoms. The van der Waals surface area contributed by atoms with Crippen LogP contribution in [-0.2, 0) is 0 Å². The molecule has 1 aromatic carbocycles. The average molecular weight is 269 g/mol. The number of hydrogen-bond acceptors (Lipinski definition) is 3. The quantitative estimate of drug-likeness (QED) is 0.899. The monoisotopic (exact) mass is 269 g/mol. The van der Waals surface area contributed by atoms with Gasteiger partial charge in [0.05, 0.1) is 5.56 Å². The van der Waals surface area contributed by atoms with Crippen LogP contribution in [0.1, 0.15) is 27.2 Å². The highest BCUT2D eigenvalue weighted by Crippen LogP contribution is 2.19. The van der Waals surface area contributed by atoms with Gasteiger partial charge in [0.25, 0.3) is 5.91 Å². The molecule has 0 radical (unpaired) electrons. The lowest BCUT2D eigenvalue weighted by atomic mass is 10.1. The minimum Gasteiger partial charge on any atom is -0.387 e. The maximum absolute atomic E-state index is 12.4. The molecule has 0 unspecified atom stereocenters. The summed E-state index contributed by atoms with van der Waals surface area (Å²) in [5.41, 5.74) is 4.43. The first-order valence-corrected chi connectivity index (χ1v) is 6.54. The SMILES string of the molecule is CNc1ccc(C)cc1C(=O)Nc1cc(C)cc(C)n1. The van der Waals surface area contributed by atoms with Crippen LogP contribution < -0.4 is 10.6 Å². The number of benzene rings is 1. The summed E-state index contributed by atoms with van der Waals surface area (Å²) >= 11 is 0. The van der Waals surface area contributed by atoms with Crippen LogP contribution in [0.15, 0.2) is 30.3 Å². The zero-order chi connectivity index (χ0) is 14.7. The van der Waals surface area contributed by atoms with Crippen LogP contribution in [0.25, 0.3) is 0 Å². The van der Waals surface area contributed by atoms with E-state index in [-0.39, 0.29) is 5.91 Å². The highest BCUT2D eigenvalue weighted by Gasteiger charge is 2.12. The van der Waals surface area contributed by atoms with Crippen LogP contribution in [0.5, 0.6) is 0 Å². The van der Waals surface area contributed by atoms with Gasteiger partial charge in [0, 0.05) is 18.4 Å². The lowest BCUT2D eigenvalue weighted by molar-refractivity contribution is 0.102. The molecule has 20 heavy (non-hydrogen) atoms. The van der Waals surface area contributed by atoms with Gasteiger partial charge in [-0.2, -0.15) is 0 Å².